The van der Waals surface area contributed by atoms with Gasteiger partial charge in [0.15, 0.2) is 11.5 Å². The number of benzene rings is 2. The van der Waals surface area contributed by atoms with Gasteiger partial charge in [0.1, 0.15) is 0 Å². The Labute approximate surface area is 182 Å². The van der Waals surface area contributed by atoms with Crippen LogP contribution in [0, 0.1) is 5.92 Å². The summed E-state index contributed by atoms with van der Waals surface area (Å²) in [4.78, 5) is 12.6. The van der Waals surface area contributed by atoms with Crippen molar-refractivity contribution in [2.45, 2.75) is 18.6 Å². The molecule has 1 amide bonds. The van der Waals surface area contributed by atoms with Crippen LogP contribution in [-0.2, 0) is 20.6 Å². The number of sulfonamides is 1. The molecule has 9 heteroatoms. The van der Waals surface area contributed by atoms with Crippen molar-refractivity contribution in [2.75, 3.05) is 32.6 Å². The summed E-state index contributed by atoms with van der Waals surface area (Å²) in [5, 5.41) is 3.45. The molecule has 0 aromatic heterocycles. The SMILES string of the molecule is COc1ccc(NC(=O)C2CCN(S(=O)(=O)Cc3ccc(Cl)cc3)CC2)cc1OC. The summed E-state index contributed by atoms with van der Waals surface area (Å²) in [7, 11) is -0.368. The number of carbonyl (C=O) groups is 1. The zero-order valence-electron chi connectivity index (χ0n) is 16.9. The molecule has 0 radical (unpaired) electrons. The van der Waals surface area contributed by atoms with E-state index in [0.29, 0.717) is 53.7 Å². The molecule has 0 saturated carbocycles. The summed E-state index contributed by atoms with van der Waals surface area (Å²) in [5.74, 6) is 0.650. The summed E-state index contributed by atoms with van der Waals surface area (Å²) in [6, 6.07) is 11.9. The lowest BCUT2D eigenvalue weighted by molar-refractivity contribution is -0.120. The molecule has 0 spiro atoms. The maximum atomic E-state index is 12.7. The van der Waals surface area contributed by atoms with Gasteiger partial charge in [-0.15, -0.1) is 0 Å². The maximum Gasteiger partial charge on any atom is 0.227 e. The summed E-state index contributed by atoms with van der Waals surface area (Å²) in [5.41, 5.74) is 1.29. The first-order chi connectivity index (χ1) is 14.3. The minimum absolute atomic E-state index is 0.0767. The first-order valence-corrected chi connectivity index (χ1v) is 11.6. The van der Waals surface area contributed by atoms with Gasteiger partial charge in [-0.25, -0.2) is 12.7 Å². The average molecular weight is 453 g/mol. The highest BCUT2D eigenvalue weighted by Gasteiger charge is 2.31. The smallest absolute Gasteiger partial charge is 0.227 e. The van der Waals surface area contributed by atoms with E-state index in [1.807, 2.05) is 0 Å². The number of nitrogens with one attached hydrogen (secondary N) is 1. The number of hydrogen-bond donors (Lipinski definition) is 1. The largest absolute Gasteiger partial charge is 0.493 e. The van der Waals surface area contributed by atoms with Gasteiger partial charge in [-0.3, -0.25) is 4.79 Å². The molecule has 1 fully saturated rings. The monoisotopic (exact) mass is 452 g/mol. The summed E-state index contributed by atoms with van der Waals surface area (Å²) >= 11 is 5.86. The van der Waals surface area contributed by atoms with Gasteiger partial charge in [-0.05, 0) is 42.7 Å². The fourth-order valence-corrected chi connectivity index (χ4v) is 5.13. The number of methoxy groups -OCH3 is 2. The van der Waals surface area contributed by atoms with Crippen LogP contribution in [0.25, 0.3) is 0 Å². The Balaban J connectivity index is 1.56. The Morgan fingerprint density at radius 1 is 1.07 bits per heavy atom. The topological polar surface area (TPSA) is 84.9 Å². The molecular weight excluding hydrogens is 428 g/mol. The lowest BCUT2D eigenvalue weighted by atomic mass is 9.97. The van der Waals surface area contributed by atoms with E-state index in [4.69, 9.17) is 21.1 Å². The van der Waals surface area contributed by atoms with Crippen LogP contribution in [0.5, 0.6) is 11.5 Å². The minimum atomic E-state index is -3.45. The van der Waals surface area contributed by atoms with E-state index in [2.05, 4.69) is 5.32 Å². The highest BCUT2D eigenvalue weighted by Crippen LogP contribution is 2.30. The van der Waals surface area contributed by atoms with E-state index in [1.54, 1.807) is 49.6 Å². The molecule has 1 aliphatic rings. The number of piperidine rings is 1. The zero-order chi connectivity index (χ0) is 21.7. The van der Waals surface area contributed by atoms with Crippen molar-refractivity contribution in [3.05, 3.63) is 53.1 Å². The predicted molar refractivity (Wildman–Crippen MR) is 117 cm³/mol. The molecule has 30 heavy (non-hydrogen) atoms. The van der Waals surface area contributed by atoms with Crippen LogP contribution in [0.3, 0.4) is 0 Å². The van der Waals surface area contributed by atoms with Crippen LogP contribution >= 0.6 is 11.6 Å². The highest BCUT2D eigenvalue weighted by molar-refractivity contribution is 7.88. The van der Waals surface area contributed by atoms with Crippen molar-refractivity contribution in [1.29, 1.82) is 0 Å². The number of anilines is 1. The van der Waals surface area contributed by atoms with Crippen molar-refractivity contribution in [2.24, 2.45) is 5.92 Å². The van der Waals surface area contributed by atoms with Crippen LogP contribution in [0.2, 0.25) is 5.02 Å². The van der Waals surface area contributed by atoms with Gasteiger partial charge in [-0.2, -0.15) is 0 Å². The van der Waals surface area contributed by atoms with Crippen molar-refractivity contribution in [3.8, 4) is 11.5 Å². The molecule has 1 aliphatic heterocycles. The standard InChI is InChI=1S/C21H25ClN2O5S/c1-28-19-8-7-18(13-20(19)29-2)23-21(25)16-9-11-24(12-10-16)30(26,27)14-15-3-5-17(22)6-4-15/h3-8,13,16H,9-12,14H2,1-2H3,(H,23,25). The van der Waals surface area contributed by atoms with Gasteiger partial charge in [0.25, 0.3) is 0 Å². The van der Waals surface area contributed by atoms with Gasteiger partial charge < -0.3 is 14.8 Å². The molecule has 0 aliphatic carbocycles. The minimum Gasteiger partial charge on any atom is -0.493 e. The van der Waals surface area contributed by atoms with Gasteiger partial charge in [0.05, 0.1) is 20.0 Å². The lowest BCUT2D eigenvalue weighted by Crippen LogP contribution is -2.41. The van der Waals surface area contributed by atoms with Gasteiger partial charge in [-0.1, -0.05) is 23.7 Å². The molecule has 2 aromatic carbocycles. The molecule has 3 rings (SSSR count). The van der Waals surface area contributed by atoms with Gasteiger partial charge in [0.2, 0.25) is 15.9 Å². The number of amides is 1. The number of hydrogen-bond acceptors (Lipinski definition) is 5. The third kappa shape index (κ3) is 5.44. The molecule has 0 unspecified atom stereocenters. The average Bonchev–Trinajstić information content (AvgIpc) is 2.75. The summed E-state index contributed by atoms with van der Waals surface area (Å²) in [6.45, 7) is 0.639. The second-order valence-corrected chi connectivity index (χ2v) is 9.52. The fraction of sp³-hybridized carbons (Fsp3) is 0.381. The molecule has 1 N–H and O–H groups in total. The van der Waals surface area contributed by atoms with Crippen molar-refractivity contribution in [3.63, 3.8) is 0 Å². The van der Waals surface area contributed by atoms with E-state index < -0.39 is 10.0 Å². The van der Waals surface area contributed by atoms with Crippen molar-refractivity contribution in [1.82, 2.24) is 4.31 Å². The second-order valence-electron chi connectivity index (χ2n) is 7.12. The summed E-state index contributed by atoms with van der Waals surface area (Å²) in [6.07, 6.45) is 0.942. The van der Waals surface area contributed by atoms with Crippen LogP contribution in [0.1, 0.15) is 18.4 Å². The Kier molecular flexibility index (Phi) is 7.23. The van der Waals surface area contributed by atoms with E-state index in [9.17, 15) is 13.2 Å². The Morgan fingerprint density at radius 3 is 2.30 bits per heavy atom. The Morgan fingerprint density at radius 2 is 1.70 bits per heavy atom. The first-order valence-electron chi connectivity index (χ1n) is 9.57. The van der Waals surface area contributed by atoms with Crippen molar-refractivity contribution < 1.29 is 22.7 Å². The second kappa shape index (κ2) is 9.68. The van der Waals surface area contributed by atoms with Crippen LogP contribution < -0.4 is 14.8 Å². The number of ether oxygens (including phenoxy) is 2. The maximum absolute atomic E-state index is 12.7. The number of carbonyl (C=O) groups excluding carboxylic acids is 1. The Bertz CT molecular complexity index is 987. The van der Waals surface area contributed by atoms with Gasteiger partial charge in [0, 0.05) is 35.8 Å². The molecule has 2 aromatic rings. The van der Waals surface area contributed by atoms with E-state index >= 15 is 0 Å². The van der Waals surface area contributed by atoms with E-state index in [1.165, 1.54) is 11.4 Å². The number of nitrogens with zero attached hydrogens (tertiary/aromatic N) is 1. The number of halogens is 1. The molecule has 1 heterocycles. The quantitative estimate of drug-likeness (QED) is 0.694. The molecule has 1 saturated heterocycles. The van der Waals surface area contributed by atoms with E-state index in [0.717, 1.165) is 0 Å². The highest BCUT2D eigenvalue weighted by atomic mass is 35.5. The third-order valence-corrected chi connectivity index (χ3v) is 7.23. The normalized spacial score (nSPS) is 15.6. The molecular formula is C21H25ClN2O5S. The number of rotatable bonds is 7. The zero-order valence-corrected chi connectivity index (χ0v) is 18.5. The molecule has 0 atom stereocenters. The van der Waals surface area contributed by atoms with Crippen LogP contribution in [0.4, 0.5) is 5.69 Å². The predicted octanol–water partition coefficient (Wildman–Crippen LogP) is 3.54. The summed E-state index contributed by atoms with van der Waals surface area (Å²) < 4.78 is 37.3. The van der Waals surface area contributed by atoms with Crippen molar-refractivity contribution >= 4 is 33.2 Å². The Hall–Kier alpha value is -2.29. The molecule has 0 bridgehead atoms. The van der Waals surface area contributed by atoms with Crippen LogP contribution in [-0.4, -0.2) is 45.9 Å². The lowest BCUT2D eigenvalue weighted by Gasteiger charge is -2.30. The van der Waals surface area contributed by atoms with E-state index in [-0.39, 0.29) is 17.6 Å². The first kappa shape index (κ1) is 22.4. The third-order valence-electron chi connectivity index (χ3n) is 5.13. The molecule has 162 valence electrons. The molecule has 7 nitrogen and oxygen atoms in total. The van der Waals surface area contributed by atoms with Gasteiger partial charge >= 0.3 is 0 Å². The fourth-order valence-electron chi connectivity index (χ4n) is 3.44. The van der Waals surface area contributed by atoms with Crippen LogP contribution in [0.15, 0.2) is 42.5 Å².